The number of carbonyl (C=O) groups excluding carboxylic acids is 2. The molecule has 1 saturated heterocycles. The van der Waals surface area contributed by atoms with Crippen LogP contribution in [0.15, 0.2) is 48.6 Å². The summed E-state index contributed by atoms with van der Waals surface area (Å²) in [5.41, 5.74) is 0. The number of carbonyl (C=O) groups is 2. The summed E-state index contributed by atoms with van der Waals surface area (Å²) in [6, 6.07) is -1.03. The molecule has 1 aliphatic rings. The van der Waals surface area contributed by atoms with Crippen molar-refractivity contribution in [3.05, 3.63) is 48.6 Å². The Balaban J connectivity index is 2.62. The standard InChI is InChI=1S/C70H129NO10/c1-4-7-10-13-16-19-22-25-27-29-30-31-32-33-35-36-39-42-45-48-51-54-57-63(74)69(78)71-61(62(73)56-53-50-47-44-41-38-24-21-18-15-12-9-6-3)60-79-70-68(67(77)66(76)64(59-72)80-70)81-65(75)58-55-52-49-46-43-40-37-34-28-26-23-20-17-14-11-8-5-2/h16,19,25,27,30-31,53,56,61-64,66-68,70,72-74,76-77H,4-15,17-18,20-24,26,28-29,32-52,54-55,57-60H2,1-3H3,(H,71,78)/b19-16-,27-25-,31-30-,56-53+. The topological polar surface area (TPSA) is 175 Å². The number of allylic oxidation sites excluding steroid dienone is 7. The molecule has 474 valence electrons. The molecule has 81 heavy (non-hydrogen) atoms. The Morgan fingerprint density at radius 3 is 1.30 bits per heavy atom. The summed E-state index contributed by atoms with van der Waals surface area (Å²) in [7, 11) is 0. The van der Waals surface area contributed by atoms with E-state index in [1.54, 1.807) is 6.08 Å². The van der Waals surface area contributed by atoms with E-state index in [2.05, 4.69) is 62.5 Å². The summed E-state index contributed by atoms with van der Waals surface area (Å²) in [6.07, 6.45) is 61.4. The van der Waals surface area contributed by atoms with Crippen molar-refractivity contribution < 1.29 is 49.3 Å². The van der Waals surface area contributed by atoms with Gasteiger partial charge in [-0.05, 0) is 64.2 Å². The van der Waals surface area contributed by atoms with Gasteiger partial charge in [-0.2, -0.15) is 0 Å². The molecular weight excluding hydrogens is 1010 g/mol. The van der Waals surface area contributed by atoms with Crippen molar-refractivity contribution in [2.45, 2.75) is 372 Å². The average molecular weight is 1140 g/mol. The molecule has 1 heterocycles. The van der Waals surface area contributed by atoms with Crippen LogP contribution in [0, 0.1) is 0 Å². The monoisotopic (exact) mass is 1140 g/mol. The third-order valence-electron chi connectivity index (χ3n) is 16.2. The molecule has 0 aromatic carbocycles. The number of ether oxygens (including phenoxy) is 3. The fourth-order valence-electron chi connectivity index (χ4n) is 10.8. The van der Waals surface area contributed by atoms with Crippen LogP contribution in [0.1, 0.15) is 323 Å². The predicted molar refractivity (Wildman–Crippen MR) is 338 cm³/mol. The van der Waals surface area contributed by atoms with Gasteiger partial charge in [0.05, 0.1) is 25.4 Å². The van der Waals surface area contributed by atoms with Crippen molar-refractivity contribution in [2.75, 3.05) is 13.2 Å². The first-order chi connectivity index (χ1) is 39.7. The zero-order chi connectivity index (χ0) is 58.9. The van der Waals surface area contributed by atoms with E-state index in [4.69, 9.17) is 14.2 Å². The van der Waals surface area contributed by atoms with Crippen LogP contribution in [0.5, 0.6) is 0 Å². The first-order valence-electron chi connectivity index (χ1n) is 34.4. The minimum Gasteiger partial charge on any atom is -0.454 e. The van der Waals surface area contributed by atoms with Crippen molar-refractivity contribution in [1.29, 1.82) is 0 Å². The molecule has 6 N–H and O–H groups in total. The van der Waals surface area contributed by atoms with Gasteiger partial charge in [-0.25, -0.2) is 0 Å². The molecule has 1 amide bonds. The van der Waals surface area contributed by atoms with Crippen LogP contribution in [0.2, 0.25) is 0 Å². The second kappa shape index (κ2) is 58.0. The van der Waals surface area contributed by atoms with Gasteiger partial charge in [0.25, 0.3) is 0 Å². The molecule has 0 saturated carbocycles. The van der Waals surface area contributed by atoms with Crippen LogP contribution in [0.3, 0.4) is 0 Å². The van der Waals surface area contributed by atoms with E-state index in [-0.39, 0.29) is 19.4 Å². The third-order valence-corrected chi connectivity index (χ3v) is 16.2. The van der Waals surface area contributed by atoms with Crippen LogP contribution in [0.25, 0.3) is 0 Å². The van der Waals surface area contributed by atoms with Gasteiger partial charge in [-0.1, -0.05) is 301 Å². The number of aliphatic hydroxyl groups excluding tert-OH is 5. The van der Waals surface area contributed by atoms with Gasteiger partial charge in [0.2, 0.25) is 5.91 Å². The SMILES string of the molecule is CCCCC/C=C\C/C=C\C/C=C\CCCCCCCCCCCC(O)C(=O)NC(COC1OC(CO)C(O)C(O)C1OC(=O)CCCCCCCCCCCCCCCCCCC)C(O)/C=C/CCCCCCCCCCCCC. The van der Waals surface area contributed by atoms with E-state index in [1.165, 1.54) is 199 Å². The lowest BCUT2D eigenvalue weighted by atomic mass is 9.99. The number of esters is 1. The highest BCUT2D eigenvalue weighted by Crippen LogP contribution is 2.26. The van der Waals surface area contributed by atoms with E-state index in [1.807, 2.05) is 6.08 Å². The predicted octanol–water partition coefficient (Wildman–Crippen LogP) is 17.2. The maximum atomic E-state index is 13.5. The highest BCUT2D eigenvalue weighted by molar-refractivity contribution is 5.80. The molecule has 1 aliphatic heterocycles. The van der Waals surface area contributed by atoms with Crippen molar-refractivity contribution in [3.63, 3.8) is 0 Å². The molecular formula is C70H129NO10. The molecule has 1 rings (SSSR count). The van der Waals surface area contributed by atoms with Gasteiger partial charge >= 0.3 is 5.97 Å². The molecule has 11 heteroatoms. The van der Waals surface area contributed by atoms with Crippen molar-refractivity contribution in [3.8, 4) is 0 Å². The first kappa shape index (κ1) is 76.6. The summed E-state index contributed by atoms with van der Waals surface area (Å²) in [5.74, 6) is -1.19. The number of aliphatic hydroxyl groups is 5. The van der Waals surface area contributed by atoms with E-state index in [0.717, 1.165) is 77.0 Å². The summed E-state index contributed by atoms with van der Waals surface area (Å²) < 4.78 is 17.7. The average Bonchev–Trinajstić information content (AvgIpc) is 3.49. The smallest absolute Gasteiger partial charge is 0.306 e. The summed E-state index contributed by atoms with van der Waals surface area (Å²) in [4.78, 5) is 26.6. The third kappa shape index (κ3) is 45.6. The molecule has 0 radical (unpaired) electrons. The van der Waals surface area contributed by atoms with E-state index >= 15 is 0 Å². The van der Waals surface area contributed by atoms with Crippen molar-refractivity contribution in [1.82, 2.24) is 5.32 Å². The second-order valence-corrected chi connectivity index (χ2v) is 23.9. The molecule has 8 unspecified atom stereocenters. The number of unbranched alkanes of at least 4 members (excludes halogenated alkanes) is 39. The van der Waals surface area contributed by atoms with Gasteiger partial charge in [0.1, 0.15) is 24.4 Å². The van der Waals surface area contributed by atoms with Gasteiger partial charge in [0.15, 0.2) is 12.4 Å². The molecule has 0 spiro atoms. The minimum absolute atomic E-state index is 0.127. The van der Waals surface area contributed by atoms with Gasteiger partial charge in [0, 0.05) is 6.42 Å². The van der Waals surface area contributed by atoms with Crippen LogP contribution >= 0.6 is 0 Å². The molecule has 0 aromatic rings. The number of nitrogens with one attached hydrogen (secondary N) is 1. The quantitative estimate of drug-likeness (QED) is 0.0195. The Bertz CT molecular complexity index is 1500. The van der Waals surface area contributed by atoms with Gasteiger partial charge in [-0.15, -0.1) is 0 Å². The highest BCUT2D eigenvalue weighted by Gasteiger charge is 2.47. The Morgan fingerprint density at radius 2 is 0.852 bits per heavy atom. The molecule has 0 bridgehead atoms. The maximum absolute atomic E-state index is 13.5. The van der Waals surface area contributed by atoms with Gasteiger partial charge in [-0.3, -0.25) is 9.59 Å². The van der Waals surface area contributed by atoms with Crippen molar-refractivity contribution >= 4 is 11.9 Å². The molecule has 0 aromatic heterocycles. The highest BCUT2D eigenvalue weighted by atomic mass is 16.7. The zero-order valence-electron chi connectivity index (χ0n) is 52.7. The van der Waals surface area contributed by atoms with Crippen LogP contribution in [0.4, 0.5) is 0 Å². The van der Waals surface area contributed by atoms with Gasteiger partial charge < -0.3 is 45.1 Å². The largest absolute Gasteiger partial charge is 0.454 e. The van der Waals surface area contributed by atoms with Crippen LogP contribution in [-0.2, 0) is 23.8 Å². The van der Waals surface area contributed by atoms with Crippen LogP contribution < -0.4 is 5.32 Å². The van der Waals surface area contributed by atoms with Crippen molar-refractivity contribution in [2.24, 2.45) is 0 Å². The normalized spacial score (nSPS) is 18.9. The minimum atomic E-state index is -1.61. The Labute approximate surface area is 497 Å². The molecule has 11 nitrogen and oxygen atoms in total. The number of hydrogen-bond donors (Lipinski definition) is 6. The molecule has 0 aliphatic carbocycles. The fraction of sp³-hybridized carbons (Fsp3) is 0.857. The Kier molecular flexibility index (Phi) is 54.9. The Morgan fingerprint density at radius 1 is 0.481 bits per heavy atom. The Hall–Kier alpha value is -2.38. The summed E-state index contributed by atoms with van der Waals surface area (Å²) >= 11 is 0. The second-order valence-electron chi connectivity index (χ2n) is 23.9. The van der Waals surface area contributed by atoms with E-state index < -0.39 is 67.4 Å². The fourth-order valence-corrected chi connectivity index (χ4v) is 10.8. The lowest BCUT2D eigenvalue weighted by molar-refractivity contribution is -0.305. The lowest BCUT2D eigenvalue weighted by Crippen LogP contribution is -2.61. The zero-order valence-corrected chi connectivity index (χ0v) is 52.7. The molecule has 1 fully saturated rings. The maximum Gasteiger partial charge on any atom is 0.306 e. The first-order valence-corrected chi connectivity index (χ1v) is 34.4. The number of amides is 1. The number of hydrogen-bond acceptors (Lipinski definition) is 10. The van der Waals surface area contributed by atoms with E-state index in [9.17, 15) is 35.1 Å². The van der Waals surface area contributed by atoms with E-state index in [0.29, 0.717) is 12.8 Å². The lowest BCUT2D eigenvalue weighted by Gasteiger charge is -2.41. The summed E-state index contributed by atoms with van der Waals surface area (Å²) in [6.45, 7) is 5.80. The van der Waals surface area contributed by atoms with Crippen LogP contribution in [-0.4, -0.2) is 99.6 Å². The summed E-state index contributed by atoms with van der Waals surface area (Å²) in [5, 5.41) is 57.2. The molecule has 8 atom stereocenters. The number of rotatable bonds is 59.